The van der Waals surface area contributed by atoms with Crippen molar-refractivity contribution in [1.29, 1.82) is 0 Å². The normalized spacial score (nSPS) is 17.1. The summed E-state index contributed by atoms with van der Waals surface area (Å²) >= 11 is 5.06. The van der Waals surface area contributed by atoms with Crippen LogP contribution in [0.3, 0.4) is 0 Å². The van der Waals surface area contributed by atoms with Gasteiger partial charge in [0.25, 0.3) is 0 Å². The second-order valence-corrected chi connectivity index (χ2v) is 6.17. The maximum atomic E-state index is 13.5. The Morgan fingerprint density at radius 2 is 1.95 bits per heavy atom. The fourth-order valence-corrected chi connectivity index (χ4v) is 3.23. The van der Waals surface area contributed by atoms with Gasteiger partial charge in [0, 0.05) is 18.2 Å². The predicted octanol–water partition coefficient (Wildman–Crippen LogP) is 3.61. The number of benzene rings is 1. The molecular formula is C16H23FN2S. The van der Waals surface area contributed by atoms with E-state index in [1.54, 1.807) is 12.1 Å². The highest BCUT2D eigenvalue weighted by molar-refractivity contribution is 7.80. The van der Waals surface area contributed by atoms with Gasteiger partial charge in [-0.15, -0.1) is 0 Å². The van der Waals surface area contributed by atoms with Gasteiger partial charge in [-0.25, -0.2) is 4.39 Å². The van der Waals surface area contributed by atoms with Gasteiger partial charge in [-0.2, -0.15) is 0 Å². The molecule has 0 amide bonds. The summed E-state index contributed by atoms with van der Waals surface area (Å²) in [5, 5.41) is 0. The van der Waals surface area contributed by atoms with Gasteiger partial charge in [0.2, 0.25) is 0 Å². The van der Waals surface area contributed by atoms with Crippen molar-refractivity contribution in [3.63, 3.8) is 0 Å². The third-order valence-corrected chi connectivity index (χ3v) is 4.42. The Morgan fingerprint density at radius 1 is 1.30 bits per heavy atom. The van der Waals surface area contributed by atoms with E-state index in [1.807, 2.05) is 0 Å². The third-order valence-electron chi connectivity index (χ3n) is 4.20. The van der Waals surface area contributed by atoms with Crippen LogP contribution < -0.4 is 5.73 Å². The first kappa shape index (κ1) is 15.4. The predicted molar refractivity (Wildman–Crippen MR) is 85.2 cm³/mol. The molecule has 0 saturated heterocycles. The van der Waals surface area contributed by atoms with Gasteiger partial charge in [0.05, 0.1) is 0 Å². The molecule has 1 saturated carbocycles. The topological polar surface area (TPSA) is 29.3 Å². The second-order valence-electron chi connectivity index (χ2n) is 5.73. The SMILES string of the molecule is CN(Cc1cc(F)ccc1C(N)=S)C1CCCCCC1. The fourth-order valence-electron chi connectivity index (χ4n) is 3.03. The van der Waals surface area contributed by atoms with E-state index < -0.39 is 0 Å². The van der Waals surface area contributed by atoms with Crippen molar-refractivity contribution in [2.45, 2.75) is 51.1 Å². The zero-order valence-corrected chi connectivity index (χ0v) is 12.9. The number of nitrogens with two attached hydrogens (primary N) is 1. The average molecular weight is 294 g/mol. The first-order valence-corrected chi connectivity index (χ1v) is 7.77. The molecule has 1 aromatic rings. The van der Waals surface area contributed by atoms with Gasteiger partial charge in [-0.05, 0) is 43.7 Å². The molecular weight excluding hydrogens is 271 g/mol. The summed E-state index contributed by atoms with van der Waals surface area (Å²) < 4.78 is 13.5. The van der Waals surface area contributed by atoms with Crippen LogP contribution in [0.1, 0.15) is 49.7 Å². The second kappa shape index (κ2) is 7.14. The minimum atomic E-state index is -0.228. The molecule has 0 atom stereocenters. The molecule has 20 heavy (non-hydrogen) atoms. The maximum Gasteiger partial charge on any atom is 0.123 e. The molecule has 0 unspecified atom stereocenters. The Bertz CT molecular complexity index is 468. The first-order chi connectivity index (χ1) is 9.58. The highest BCUT2D eigenvalue weighted by Crippen LogP contribution is 2.23. The number of hydrogen-bond donors (Lipinski definition) is 1. The zero-order valence-electron chi connectivity index (χ0n) is 12.1. The third kappa shape index (κ3) is 4.00. The van der Waals surface area contributed by atoms with Crippen LogP contribution in [-0.2, 0) is 6.54 Å². The van der Waals surface area contributed by atoms with Crippen LogP contribution in [0.15, 0.2) is 18.2 Å². The molecule has 2 rings (SSSR count). The molecule has 1 aliphatic rings. The van der Waals surface area contributed by atoms with Crippen molar-refractivity contribution in [3.8, 4) is 0 Å². The van der Waals surface area contributed by atoms with E-state index in [4.69, 9.17) is 18.0 Å². The van der Waals surface area contributed by atoms with Crippen molar-refractivity contribution in [1.82, 2.24) is 4.90 Å². The lowest BCUT2D eigenvalue weighted by molar-refractivity contribution is 0.213. The molecule has 0 radical (unpaired) electrons. The van der Waals surface area contributed by atoms with Crippen LogP contribution in [-0.4, -0.2) is 23.0 Å². The standard InChI is InChI=1S/C16H23FN2S/c1-19(14-6-4-2-3-5-7-14)11-12-10-13(17)8-9-15(12)16(18)20/h8-10,14H,2-7,11H2,1H3,(H2,18,20). The molecule has 2 nitrogen and oxygen atoms in total. The Balaban J connectivity index is 2.11. The number of thiocarbonyl (C=S) groups is 1. The van der Waals surface area contributed by atoms with E-state index in [9.17, 15) is 4.39 Å². The van der Waals surface area contributed by atoms with Crippen molar-refractivity contribution in [2.75, 3.05) is 7.05 Å². The van der Waals surface area contributed by atoms with Crippen LogP contribution in [0, 0.1) is 5.82 Å². The summed E-state index contributed by atoms with van der Waals surface area (Å²) in [5.41, 5.74) is 7.42. The molecule has 0 aromatic heterocycles. The molecule has 0 bridgehead atoms. The van der Waals surface area contributed by atoms with Crippen LogP contribution in [0.2, 0.25) is 0 Å². The molecule has 2 N–H and O–H groups in total. The monoisotopic (exact) mass is 294 g/mol. The Labute approximate surface area is 126 Å². The number of rotatable bonds is 4. The molecule has 110 valence electrons. The Morgan fingerprint density at radius 3 is 2.55 bits per heavy atom. The van der Waals surface area contributed by atoms with E-state index in [1.165, 1.54) is 44.6 Å². The van der Waals surface area contributed by atoms with Crippen LogP contribution in [0.25, 0.3) is 0 Å². The molecule has 1 aliphatic carbocycles. The minimum absolute atomic E-state index is 0.228. The van der Waals surface area contributed by atoms with E-state index >= 15 is 0 Å². The van der Waals surface area contributed by atoms with E-state index in [0.29, 0.717) is 17.6 Å². The lowest BCUT2D eigenvalue weighted by Crippen LogP contribution is -2.31. The Hall–Kier alpha value is -1.00. The molecule has 0 spiro atoms. The van der Waals surface area contributed by atoms with Crippen molar-refractivity contribution < 1.29 is 4.39 Å². The molecule has 1 aromatic carbocycles. The van der Waals surface area contributed by atoms with Gasteiger partial charge in [-0.3, -0.25) is 4.90 Å². The first-order valence-electron chi connectivity index (χ1n) is 7.36. The fraction of sp³-hybridized carbons (Fsp3) is 0.562. The maximum absolute atomic E-state index is 13.5. The highest BCUT2D eigenvalue weighted by atomic mass is 32.1. The van der Waals surface area contributed by atoms with Crippen LogP contribution >= 0.6 is 12.2 Å². The summed E-state index contributed by atoms with van der Waals surface area (Å²) in [7, 11) is 2.12. The number of halogens is 1. The molecule has 4 heteroatoms. The van der Waals surface area contributed by atoms with Gasteiger partial charge in [0.1, 0.15) is 10.8 Å². The quantitative estimate of drug-likeness (QED) is 0.679. The van der Waals surface area contributed by atoms with E-state index in [-0.39, 0.29) is 5.82 Å². The molecule has 1 fully saturated rings. The molecule has 0 aliphatic heterocycles. The molecule has 0 heterocycles. The summed E-state index contributed by atoms with van der Waals surface area (Å²) in [6.45, 7) is 0.703. The van der Waals surface area contributed by atoms with Gasteiger partial charge in [0.15, 0.2) is 0 Å². The van der Waals surface area contributed by atoms with Gasteiger partial charge < -0.3 is 5.73 Å². The van der Waals surface area contributed by atoms with Gasteiger partial charge >= 0.3 is 0 Å². The van der Waals surface area contributed by atoms with Crippen LogP contribution in [0.5, 0.6) is 0 Å². The van der Waals surface area contributed by atoms with Crippen molar-refractivity contribution in [2.24, 2.45) is 5.73 Å². The number of nitrogens with zero attached hydrogens (tertiary/aromatic N) is 1. The lowest BCUT2D eigenvalue weighted by Gasteiger charge is -2.27. The highest BCUT2D eigenvalue weighted by Gasteiger charge is 2.18. The van der Waals surface area contributed by atoms with Crippen LogP contribution in [0.4, 0.5) is 4.39 Å². The Kier molecular flexibility index (Phi) is 5.49. The smallest absolute Gasteiger partial charge is 0.123 e. The number of hydrogen-bond acceptors (Lipinski definition) is 2. The van der Waals surface area contributed by atoms with Crippen molar-refractivity contribution in [3.05, 3.63) is 35.1 Å². The lowest BCUT2D eigenvalue weighted by atomic mass is 10.0. The van der Waals surface area contributed by atoms with Crippen molar-refractivity contribution >= 4 is 17.2 Å². The summed E-state index contributed by atoms with van der Waals surface area (Å²) in [4.78, 5) is 2.66. The van der Waals surface area contributed by atoms with E-state index in [2.05, 4.69) is 11.9 Å². The largest absolute Gasteiger partial charge is 0.389 e. The summed E-state index contributed by atoms with van der Waals surface area (Å²) in [6, 6.07) is 5.25. The van der Waals surface area contributed by atoms with Gasteiger partial charge in [-0.1, -0.05) is 37.9 Å². The van der Waals surface area contributed by atoms with E-state index in [0.717, 1.165) is 11.1 Å². The minimum Gasteiger partial charge on any atom is -0.389 e. The summed E-state index contributed by atoms with van der Waals surface area (Å²) in [6.07, 6.45) is 7.72. The zero-order chi connectivity index (χ0) is 14.5. The summed E-state index contributed by atoms with van der Waals surface area (Å²) in [5.74, 6) is -0.228. The average Bonchev–Trinajstić information content (AvgIpc) is 2.67.